The number of carbonyl (C=O) groups is 1. The van der Waals surface area contributed by atoms with Gasteiger partial charge in [-0.1, -0.05) is 12.1 Å². The monoisotopic (exact) mass is 361 g/mol. The first-order valence-corrected chi connectivity index (χ1v) is 8.40. The minimum atomic E-state index is -0.725. The number of benzene rings is 2. The molecule has 0 saturated heterocycles. The number of methoxy groups -OCH3 is 2. The number of hydrogen-bond acceptors (Lipinski definition) is 4. The quantitative estimate of drug-likeness (QED) is 0.720. The minimum absolute atomic E-state index is 0.174. The summed E-state index contributed by atoms with van der Waals surface area (Å²) >= 11 is 0. The van der Waals surface area contributed by atoms with Crippen LogP contribution in [0, 0.1) is 5.82 Å². The van der Waals surface area contributed by atoms with Gasteiger partial charge in [-0.3, -0.25) is 4.79 Å². The first-order chi connectivity index (χ1) is 12.5. The summed E-state index contributed by atoms with van der Waals surface area (Å²) in [6.07, 6.45) is -0.725. The Hall–Kier alpha value is -2.76. The average Bonchev–Trinajstić information content (AvgIpc) is 2.65. The van der Waals surface area contributed by atoms with E-state index in [1.54, 1.807) is 44.2 Å². The van der Waals surface area contributed by atoms with Gasteiger partial charge in [0, 0.05) is 19.2 Å². The lowest BCUT2D eigenvalue weighted by atomic mass is 10.1. The number of nitrogens with zero attached hydrogens (tertiary/aromatic N) is 1. The third kappa shape index (κ3) is 4.88. The molecule has 2 rings (SSSR count). The van der Waals surface area contributed by atoms with Crippen molar-refractivity contribution in [2.75, 3.05) is 20.8 Å². The van der Waals surface area contributed by atoms with Crippen molar-refractivity contribution in [2.24, 2.45) is 0 Å². The summed E-state index contributed by atoms with van der Waals surface area (Å²) in [7, 11) is 3.14. The zero-order valence-corrected chi connectivity index (χ0v) is 15.5. The van der Waals surface area contributed by atoms with Crippen LogP contribution in [0.15, 0.2) is 42.5 Å². The fraction of sp³-hybridized carbons (Fsp3) is 0.350. The minimum Gasteiger partial charge on any atom is -0.493 e. The molecule has 0 N–H and O–H groups in total. The maximum atomic E-state index is 13.3. The molecule has 26 heavy (non-hydrogen) atoms. The molecule has 140 valence electrons. The Morgan fingerprint density at radius 1 is 1.12 bits per heavy atom. The largest absolute Gasteiger partial charge is 0.493 e. The molecule has 1 amide bonds. The van der Waals surface area contributed by atoms with Gasteiger partial charge in [0.15, 0.2) is 17.6 Å². The first kappa shape index (κ1) is 19.6. The summed E-state index contributed by atoms with van der Waals surface area (Å²) < 4.78 is 29.4. The van der Waals surface area contributed by atoms with Gasteiger partial charge in [-0.2, -0.15) is 0 Å². The van der Waals surface area contributed by atoms with E-state index in [9.17, 15) is 9.18 Å². The Labute approximate surface area is 153 Å². The molecule has 0 bridgehead atoms. The second kappa shape index (κ2) is 9.08. The molecule has 0 spiro atoms. The van der Waals surface area contributed by atoms with Crippen LogP contribution in [0.3, 0.4) is 0 Å². The third-order valence-electron chi connectivity index (χ3n) is 3.97. The molecule has 2 aromatic carbocycles. The Morgan fingerprint density at radius 3 is 2.46 bits per heavy atom. The lowest BCUT2D eigenvalue weighted by Gasteiger charge is -2.25. The van der Waals surface area contributed by atoms with Gasteiger partial charge in [0.25, 0.3) is 5.91 Å². The average molecular weight is 361 g/mol. The standard InChI is InChI=1S/C20H24FNO4/c1-5-22(13-15-9-10-18(24-3)19(11-15)25-4)20(23)14(2)26-17-8-6-7-16(21)12-17/h6-12,14H,5,13H2,1-4H3. The molecular formula is C20H24FNO4. The van der Waals surface area contributed by atoms with Crippen molar-refractivity contribution in [1.82, 2.24) is 4.90 Å². The molecular weight excluding hydrogens is 337 g/mol. The van der Waals surface area contributed by atoms with Gasteiger partial charge in [-0.15, -0.1) is 0 Å². The van der Waals surface area contributed by atoms with Crippen LogP contribution in [0.1, 0.15) is 19.4 Å². The van der Waals surface area contributed by atoms with Crippen LogP contribution in [0.4, 0.5) is 4.39 Å². The highest BCUT2D eigenvalue weighted by molar-refractivity contribution is 5.80. The van der Waals surface area contributed by atoms with E-state index in [2.05, 4.69) is 0 Å². The molecule has 0 aromatic heterocycles. The number of halogens is 1. The highest BCUT2D eigenvalue weighted by Gasteiger charge is 2.21. The molecule has 0 fully saturated rings. The zero-order chi connectivity index (χ0) is 19.1. The number of ether oxygens (including phenoxy) is 3. The van der Waals surface area contributed by atoms with Gasteiger partial charge in [-0.25, -0.2) is 4.39 Å². The van der Waals surface area contributed by atoms with Gasteiger partial charge in [-0.05, 0) is 43.7 Å². The summed E-state index contributed by atoms with van der Waals surface area (Å²) in [4.78, 5) is 14.4. The molecule has 0 aliphatic heterocycles. The lowest BCUT2D eigenvalue weighted by Crippen LogP contribution is -2.40. The molecule has 0 radical (unpaired) electrons. The van der Waals surface area contributed by atoms with Crippen molar-refractivity contribution < 1.29 is 23.4 Å². The van der Waals surface area contributed by atoms with E-state index in [4.69, 9.17) is 14.2 Å². The van der Waals surface area contributed by atoms with E-state index in [0.717, 1.165) is 5.56 Å². The van der Waals surface area contributed by atoms with E-state index in [1.807, 2.05) is 19.1 Å². The van der Waals surface area contributed by atoms with Gasteiger partial charge in [0.1, 0.15) is 11.6 Å². The van der Waals surface area contributed by atoms with E-state index >= 15 is 0 Å². The Bertz CT molecular complexity index is 750. The maximum absolute atomic E-state index is 13.3. The Balaban J connectivity index is 2.08. The summed E-state index contributed by atoms with van der Waals surface area (Å²) in [6.45, 7) is 4.48. The molecule has 0 aliphatic rings. The van der Waals surface area contributed by atoms with Crippen molar-refractivity contribution >= 4 is 5.91 Å². The number of amides is 1. The third-order valence-corrected chi connectivity index (χ3v) is 3.97. The molecule has 6 heteroatoms. The second-order valence-corrected chi connectivity index (χ2v) is 5.76. The summed E-state index contributed by atoms with van der Waals surface area (Å²) in [5.74, 6) is 0.991. The maximum Gasteiger partial charge on any atom is 0.263 e. The van der Waals surface area contributed by atoms with E-state index in [1.165, 1.54) is 12.1 Å². The van der Waals surface area contributed by atoms with Crippen molar-refractivity contribution in [3.8, 4) is 17.2 Å². The Kier molecular flexibility index (Phi) is 6.83. The van der Waals surface area contributed by atoms with Crippen LogP contribution in [0.25, 0.3) is 0 Å². The van der Waals surface area contributed by atoms with Gasteiger partial charge in [0.2, 0.25) is 0 Å². The van der Waals surface area contributed by atoms with E-state index in [-0.39, 0.29) is 5.91 Å². The molecule has 1 unspecified atom stereocenters. The molecule has 0 saturated carbocycles. The normalized spacial score (nSPS) is 11.6. The van der Waals surface area contributed by atoms with E-state index < -0.39 is 11.9 Å². The highest BCUT2D eigenvalue weighted by atomic mass is 19.1. The lowest BCUT2D eigenvalue weighted by molar-refractivity contribution is -0.138. The number of hydrogen-bond donors (Lipinski definition) is 0. The van der Waals surface area contributed by atoms with Crippen LogP contribution in [-0.4, -0.2) is 37.7 Å². The number of carbonyl (C=O) groups excluding carboxylic acids is 1. The van der Waals surface area contributed by atoms with Crippen LogP contribution >= 0.6 is 0 Å². The SMILES string of the molecule is CCN(Cc1ccc(OC)c(OC)c1)C(=O)C(C)Oc1cccc(F)c1. The number of likely N-dealkylation sites (N-methyl/N-ethyl adjacent to an activating group) is 1. The van der Waals surface area contributed by atoms with Crippen LogP contribution in [-0.2, 0) is 11.3 Å². The molecule has 0 aliphatic carbocycles. The van der Waals surface area contributed by atoms with Gasteiger partial charge in [0.05, 0.1) is 14.2 Å². The molecule has 0 heterocycles. The van der Waals surface area contributed by atoms with E-state index in [0.29, 0.717) is 30.3 Å². The highest BCUT2D eigenvalue weighted by Crippen LogP contribution is 2.28. The van der Waals surface area contributed by atoms with Gasteiger partial charge >= 0.3 is 0 Å². The number of rotatable bonds is 8. The predicted octanol–water partition coefficient (Wildman–Crippen LogP) is 3.66. The Morgan fingerprint density at radius 2 is 1.85 bits per heavy atom. The topological polar surface area (TPSA) is 48.0 Å². The predicted molar refractivity (Wildman–Crippen MR) is 97.1 cm³/mol. The van der Waals surface area contributed by atoms with Crippen molar-refractivity contribution in [3.05, 3.63) is 53.8 Å². The van der Waals surface area contributed by atoms with Crippen molar-refractivity contribution in [1.29, 1.82) is 0 Å². The molecule has 5 nitrogen and oxygen atoms in total. The van der Waals surface area contributed by atoms with Crippen LogP contribution in [0.5, 0.6) is 17.2 Å². The smallest absolute Gasteiger partial charge is 0.263 e. The van der Waals surface area contributed by atoms with Crippen molar-refractivity contribution in [3.63, 3.8) is 0 Å². The first-order valence-electron chi connectivity index (χ1n) is 8.40. The zero-order valence-electron chi connectivity index (χ0n) is 15.5. The molecule has 2 aromatic rings. The fourth-order valence-electron chi connectivity index (χ4n) is 2.60. The second-order valence-electron chi connectivity index (χ2n) is 5.76. The summed E-state index contributed by atoms with van der Waals surface area (Å²) in [5.41, 5.74) is 0.913. The summed E-state index contributed by atoms with van der Waals surface area (Å²) in [5, 5.41) is 0. The fourth-order valence-corrected chi connectivity index (χ4v) is 2.60. The molecule has 1 atom stereocenters. The van der Waals surface area contributed by atoms with Crippen LogP contribution in [0.2, 0.25) is 0 Å². The summed E-state index contributed by atoms with van der Waals surface area (Å²) in [6, 6.07) is 11.3. The van der Waals surface area contributed by atoms with Crippen molar-refractivity contribution in [2.45, 2.75) is 26.5 Å². The van der Waals surface area contributed by atoms with Crippen LogP contribution < -0.4 is 14.2 Å². The van der Waals surface area contributed by atoms with Gasteiger partial charge < -0.3 is 19.1 Å².